The zero-order chi connectivity index (χ0) is 6.57. The summed E-state index contributed by atoms with van der Waals surface area (Å²) in [5.41, 5.74) is 2.40. The van der Waals surface area contributed by atoms with Crippen molar-refractivity contribution in [3.63, 3.8) is 0 Å². The molecule has 0 heterocycles. The minimum Gasteiger partial charge on any atom is -0.392 e. The average molecular weight is 114 g/mol. The molecule has 0 radical (unpaired) electrons. The Morgan fingerprint density at radius 2 is 1.75 bits per heavy atom. The molecule has 0 aliphatic heterocycles. The lowest BCUT2D eigenvalue weighted by atomic mass is 10.1. The van der Waals surface area contributed by atoms with Crippen LogP contribution in [0.2, 0.25) is 0 Å². The molecule has 0 spiro atoms. The van der Waals surface area contributed by atoms with Gasteiger partial charge in [-0.25, -0.2) is 0 Å². The van der Waals surface area contributed by atoms with E-state index >= 15 is 0 Å². The van der Waals surface area contributed by atoms with E-state index in [1.807, 2.05) is 13.8 Å². The summed E-state index contributed by atoms with van der Waals surface area (Å²) in [6, 6.07) is 0. The van der Waals surface area contributed by atoms with Gasteiger partial charge in [0, 0.05) is 0 Å². The second-order valence-electron chi connectivity index (χ2n) is 2.07. The predicted molar refractivity (Wildman–Crippen MR) is 35.8 cm³/mol. The van der Waals surface area contributed by atoms with Crippen LogP contribution in [0.15, 0.2) is 11.1 Å². The van der Waals surface area contributed by atoms with Crippen LogP contribution in [0.4, 0.5) is 0 Å². The third-order valence-electron chi connectivity index (χ3n) is 1.50. The normalized spacial score (nSPS) is 13.5. The number of aliphatic hydroxyl groups excluding tert-OH is 1. The molecular weight excluding hydrogens is 100 g/mol. The first-order chi connectivity index (χ1) is 3.72. The minimum absolute atomic E-state index is 0.208. The van der Waals surface area contributed by atoms with E-state index in [-0.39, 0.29) is 6.61 Å². The van der Waals surface area contributed by atoms with Crippen molar-refractivity contribution in [2.24, 2.45) is 0 Å². The quantitative estimate of drug-likeness (QED) is 0.542. The zero-order valence-electron chi connectivity index (χ0n) is 5.86. The van der Waals surface area contributed by atoms with E-state index in [0.29, 0.717) is 0 Å². The minimum atomic E-state index is 0.208. The van der Waals surface area contributed by atoms with Crippen LogP contribution in [0, 0.1) is 0 Å². The standard InChI is InChI=1S/C7H14O/c1-4-6(2)7(3)5-8/h8H,4-5H2,1-3H3/b7-6+. The number of hydrogen-bond donors (Lipinski definition) is 1. The first-order valence-corrected chi connectivity index (χ1v) is 2.98. The zero-order valence-corrected chi connectivity index (χ0v) is 5.86. The average Bonchev–Trinajstić information content (AvgIpc) is 1.84. The van der Waals surface area contributed by atoms with E-state index in [1.54, 1.807) is 0 Å². The van der Waals surface area contributed by atoms with Gasteiger partial charge in [-0.05, 0) is 25.8 Å². The lowest BCUT2D eigenvalue weighted by Gasteiger charge is -1.98. The molecule has 48 valence electrons. The van der Waals surface area contributed by atoms with Crippen molar-refractivity contribution in [3.05, 3.63) is 11.1 Å². The molecule has 8 heavy (non-hydrogen) atoms. The fraction of sp³-hybridized carbons (Fsp3) is 0.714. The van der Waals surface area contributed by atoms with E-state index in [4.69, 9.17) is 5.11 Å². The van der Waals surface area contributed by atoms with Crippen LogP contribution in [0.3, 0.4) is 0 Å². The first-order valence-electron chi connectivity index (χ1n) is 2.98. The summed E-state index contributed by atoms with van der Waals surface area (Å²) in [6.45, 7) is 6.30. The molecule has 0 fully saturated rings. The van der Waals surface area contributed by atoms with Gasteiger partial charge in [0.05, 0.1) is 6.61 Å². The van der Waals surface area contributed by atoms with Crippen molar-refractivity contribution in [2.75, 3.05) is 6.61 Å². The highest BCUT2D eigenvalue weighted by Gasteiger charge is 1.89. The molecule has 0 unspecified atom stereocenters. The molecule has 0 aromatic heterocycles. The molecule has 0 aliphatic rings. The van der Waals surface area contributed by atoms with Gasteiger partial charge < -0.3 is 5.11 Å². The smallest absolute Gasteiger partial charge is 0.0641 e. The Labute approximate surface area is 51.0 Å². The summed E-state index contributed by atoms with van der Waals surface area (Å²) in [4.78, 5) is 0. The number of allylic oxidation sites excluding steroid dienone is 1. The van der Waals surface area contributed by atoms with Crippen molar-refractivity contribution in [1.82, 2.24) is 0 Å². The monoisotopic (exact) mass is 114 g/mol. The maximum Gasteiger partial charge on any atom is 0.0641 e. The predicted octanol–water partition coefficient (Wildman–Crippen LogP) is 1.73. The van der Waals surface area contributed by atoms with Crippen molar-refractivity contribution >= 4 is 0 Å². The Morgan fingerprint density at radius 1 is 1.25 bits per heavy atom. The molecular formula is C7H14O. The highest BCUT2D eigenvalue weighted by molar-refractivity contribution is 5.08. The van der Waals surface area contributed by atoms with Crippen molar-refractivity contribution in [2.45, 2.75) is 27.2 Å². The molecule has 1 nitrogen and oxygen atoms in total. The van der Waals surface area contributed by atoms with E-state index in [9.17, 15) is 0 Å². The fourth-order valence-corrected chi connectivity index (χ4v) is 0.437. The Balaban J connectivity index is 3.83. The van der Waals surface area contributed by atoms with Crippen LogP contribution in [0.25, 0.3) is 0 Å². The molecule has 0 aromatic rings. The fourth-order valence-electron chi connectivity index (χ4n) is 0.437. The highest BCUT2D eigenvalue weighted by Crippen LogP contribution is 2.04. The van der Waals surface area contributed by atoms with Crippen molar-refractivity contribution in [1.29, 1.82) is 0 Å². The van der Waals surface area contributed by atoms with E-state index in [2.05, 4.69) is 6.92 Å². The Hall–Kier alpha value is -0.300. The van der Waals surface area contributed by atoms with Gasteiger partial charge in [0.25, 0.3) is 0 Å². The summed E-state index contributed by atoms with van der Waals surface area (Å²) < 4.78 is 0. The van der Waals surface area contributed by atoms with Crippen molar-refractivity contribution < 1.29 is 5.11 Å². The molecule has 0 amide bonds. The highest BCUT2D eigenvalue weighted by atomic mass is 16.3. The molecule has 1 heteroatoms. The number of hydrogen-bond acceptors (Lipinski definition) is 1. The molecule has 0 bridgehead atoms. The van der Waals surface area contributed by atoms with Gasteiger partial charge >= 0.3 is 0 Å². The summed E-state index contributed by atoms with van der Waals surface area (Å²) in [7, 11) is 0. The van der Waals surface area contributed by atoms with Crippen LogP contribution in [0.1, 0.15) is 27.2 Å². The largest absolute Gasteiger partial charge is 0.392 e. The van der Waals surface area contributed by atoms with Crippen LogP contribution >= 0.6 is 0 Å². The lowest BCUT2D eigenvalue weighted by Crippen LogP contribution is -1.87. The van der Waals surface area contributed by atoms with Crippen molar-refractivity contribution in [3.8, 4) is 0 Å². The number of aliphatic hydroxyl groups is 1. The van der Waals surface area contributed by atoms with E-state index in [0.717, 1.165) is 12.0 Å². The summed E-state index contributed by atoms with van der Waals surface area (Å²) in [6.07, 6.45) is 1.05. The Morgan fingerprint density at radius 3 is 1.88 bits per heavy atom. The third kappa shape index (κ3) is 2.12. The van der Waals surface area contributed by atoms with E-state index < -0.39 is 0 Å². The van der Waals surface area contributed by atoms with Gasteiger partial charge in [0.15, 0.2) is 0 Å². The Kier molecular flexibility index (Phi) is 3.53. The van der Waals surface area contributed by atoms with Gasteiger partial charge in [-0.3, -0.25) is 0 Å². The van der Waals surface area contributed by atoms with Gasteiger partial charge in [-0.15, -0.1) is 0 Å². The summed E-state index contributed by atoms with van der Waals surface area (Å²) in [5.74, 6) is 0. The van der Waals surface area contributed by atoms with Gasteiger partial charge in [-0.2, -0.15) is 0 Å². The molecule has 0 aliphatic carbocycles. The molecule has 0 saturated carbocycles. The SMILES string of the molecule is CC/C(C)=C(\C)CO. The maximum atomic E-state index is 8.58. The van der Waals surface area contributed by atoms with Crippen LogP contribution in [-0.2, 0) is 0 Å². The second kappa shape index (κ2) is 3.67. The van der Waals surface area contributed by atoms with Gasteiger partial charge in [0.1, 0.15) is 0 Å². The molecule has 0 saturated heterocycles. The van der Waals surface area contributed by atoms with Gasteiger partial charge in [0.2, 0.25) is 0 Å². The maximum absolute atomic E-state index is 8.58. The summed E-state index contributed by atoms with van der Waals surface area (Å²) in [5, 5.41) is 8.58. The molecule has 0 aromatic carbocycles. The first kappa shape index (κ1) is 7.70. The topological polar surface area (TPSA) is 20.2 Å². The Bertz CT molecular complexity index is 80.6. The van der Waals surface area contributed by atoms with Gasteiger partial charge in [-0.1, -0.05) is 12.5 Å². The number of rotatable bonds is 2. The van der Waals surface area contributed by atoms with Crippen LogP contribution in [0.5, 0.6) is 0 Å². The van der Waals surface area contributed by atoms with E-state index in [1.165, 1.54) is 5.57 Å². The molecule has 0 rings (SSSR count). The molecule has 0 atom stereocenters. The second-order valence-corrected chi connectivity index (χ2v) is 2.07. The lowest BCUT2D eigenvalue weighted by molar-refractivity contribution is 0.330. The summed E-state index contributed by atoms with van der Waals surface area (Å²) >= 11 is 0. The third-order valence-corrected chi connectivity index (χ3v) is 1.50. The molecule has 1 N–H and O–H groups in total. The van der Waals surface area contributed by atoms with Crippen LogP contribution < -0.4 is 0 Å². The van der Waals surface area contributed by atoms with Crippen LogP contribution in [-0.4, -0.2) is 11.7 Å².